The molecule has 0 atom stereocenters. The fourth-order valence-electron chi connectivity index (χ4n) is 1.72. The predicted molar refractivity (Wildman–Crippen MR) is 81.4 cm³/mol. The first-order chi connectivity index (χ1) is 9.51. The summed E-state index contributed by atoms with van der Waals surface area (Å²) in [6.45, 7) is 2.11. The lowest BCUT2D eigenvalue weighted by atomic mass is 10.2. The number of sulfonamides is 1. The van der Waals surface area contributed by atoms with Crippen molar-refractivity contribution in [2.75, 3.05) is 17.6 Å². The summed E-state index contributed by atoms with van der Waals surface area (Å²) in [4.78, 5) is 0.252. The van der Waals surface area contributed by atoms with E-state index >= 15 is 0 Å². The number of rotatable bonds is 5. The summed E-state index contributed by atoms with van der Waals surface area (Å²) in [7, 11) is -3.40. The van der Waals surface area contributed by atoms with Crippen LogP contribution in [0, 0.1) is 0 Å². The van der Waals surface area contributed by atoms with E-state index in [1.54, 1.807) is 43.3 Å². The highest BCUT2D eigenvalue weighted by molar-refractivity contribution is 7.89. The van der Waals surface area contributed by atoms with Crippen molar-refractivity contribution in [3.8, 4) is 0 Å². The Kier molecular flexibility index (Phi) is 4.26. The molecule has 0 saturated heterocycles. The predicted octanol–water partition coefficient (Wildman–Crippen LogP) is 2.31. The van der Waals surface area contributed by atoms with E-state index in [0.717, 1.165) is 11.4 Å². The summed E-state index contributed by atoms with van der Waals surface area (Å²) in [5.41, 5.74) is 8.01. The van der Waals surface area contributed by atoms with Gasteiger partial charge < -0.3 is 11.1 Å². The standard InChI is InChI=1S/C14H17N3O2S/c1-2-16-20(18,19)14-9-7-13(8-10-14)17-12-5-3-11(15)4-6-12/h3-10,16-17H,2,15H2,1H3. The van der Waals surface area contributed by atoms with Gasteiger partial charge in [0.2, 0.25) is 10.0 Å². The minimum absolute atomic E-state index is 0.252. The van der Waals surface area contributed by atoms with E-state index in [1.165, 1.54) is 0 Å². The fourth-order valence-corrected chi connectivity index (χ4v) is 2.76. The van der Waals surface area contributed by atoms with Gasteiger partial charge in [0.15, 0.2) is 0 Å². The van der Waals surface area contributed by atoms with Crippen LogP contribution >= 0.6 is 0 Å². The molecule has 0 saturated carbocycles. The van der Waals surface area contributed by atoms with Crippen LogP contribution in [0.2, 0.25) is 0 Å². The van der Waals surface area contributed by atoms with Gasteiger partial charge in [-0.2, -0.15) is 0 Å². The topological polar surface area (TPSA) is 84.2 Å². The van der Waals surface area contributed by atoms with E-state index < -0.39 is 10.0 Å². The Bertz CT molecular complexity index is 665. The highest BCUT2D eigenvalue weighted by Gasteiger charge is 2.11. The van der Waals surface area contributed by atoms with Crippen molar-refractivity contribution in [2.24, 2.45) is 0 Å². The van der Waals surface area contributed by atoms with Gasteiger partial charge in [-0.1, -0.05) is 6.92 Å². The van der Waals surface area contributed by atoms with Crippen molar-refractivity contribution in [3.63, 3.8) is 0 Å². The first-order valence-electron chi connectivity index (χ1n) is 6.23. The highest BCUT2D eigenvalue weighted by Crippen LogP contribution is 2.19. The van der Waals surface area contributed by atoms with Gasteiger partial charge in [0.25, 0.3) is 0 Å². The average Bonchev–Trinajstić information content (AvgIpc) is 2.42. The van der Waals surface area contributed by atoms with Crippen LogP contribution in [-0.4, -0.2) is 15.0 Å². The molecule has 20 heavy (non-hydrogen) atoms. The van der Waals surface area contributed by atoms with E-state index in [4.69, 9.17) is 5.73 Å². The van der Waals surface area contributed by atoms with Crippen LogP contribution in [-0.2, 0) is 10.0 Å². The quantitative estimate of drug-likeness (QED) is 0.738. The number of nitrogens with two attached hydrogens (primary N) is 1. The average molecular weight is 291 g/mol. The minimum Gasteiger partial charge on any atom is -0.399 e. The van der Waals surface area contributed by atoms with Gasteiger partial charge >= 0.3 is 0 Å². The van der Waals surface area contributed by atoms with E-state index in [-0.39, 0.29) is 4.90 Å². The molecular formula is C14H17N3O2S. The third-order valence-corrected chi connectivity index (χ3v) is 4.26. The zero-order chi connectivity index (χ0) is 14.6. The third kappa shape index (κ3) is 3.49. The Balaban J connectivity index is 2.14. The molecule has 0 amide bonds. The molecule has 0 aromatic heterocycles. The molecule has 2 rings (SSSR count). The lowest BCUT2D eigenvalue weighted by molar-refractivity contribution is 0.584. The summed E-state index contributed by atoms with van der Waals surface area (Å²) in [5.74, 6) is 0. The first-order valence-corrected chi connectivity index (χ1v) is 7.72. The van der Waals surface area contributed by atoms with Gasteiger partial charge in [-0.3, -0.25) is 0 Å². The Morgan fingerprint density at radius 2 is 1.45 bits per heavy atom. The lowest BCUT2D eigenvalue weighted by Gasteiger charge is -2.08. The third-order valence-electron chi connectivity index (χ3n) is 2.70. The van der Waals surface area contributed by atoms with Crippen LogP contribution in [0.15, 0.2) is 53.4 Å². The summed E-state index contributed by atoms with van der Waals surface area (Å²) in [6, 6.07) is 13.9. The maximum absolute atomic E-state index is 11.8. The molecule has 4 N–H and O–H groups in total. The largest absolute Gasteiger partial charge is 0.399 e. The van der Waals surface area contributed by atoms with Gasteiger partial charge in [0.1, 0.15) is 0 Å². The number of nitrogens with one attached hydrogen (secondary N) is 2. The molecule has 0 heterocycles. The first kappa shape index (κ1) is 14.4. The molecule has 0 radical (unpaired) electrons. The van der Waals surface area contributed by atoms with Gasteiger partial charge in [0.05, 0.1) is 4.90 Å². The van der Waals surface area contributed by atoms with Crippen LogP contribution in [0.5, 0.6) is 0 Å². The van der Waals surface area contributed by atoms with Gasteiger partial charge in [-0.05, 0) is 48.5 Å². The summed E-state index contributed by atoms with van der Waals surface area (Å²) in [6.07, 6.45) is 0. The minimum atomic E-state index is -3.40. The van der Waals surface area contributed by atoms with Crippen molar-refractivity contribution in [2.45, 2.75) is 11.8 Å². The Morgan fingerprint density at radius 1 is 0.950 bits per heavy atom. The molecule has 0 aliphatic rings. The van der Waals surface area contributed by atoms with Crippen LogP contribution in [0.25, 0.3) is 0 Å². The number of anilines is 3. The summed E-state index contributed by atoms with van der Waals surface area (Å²) in [5, 5.41) is 3.17. The number of hydrogen-bond acceptors (Lipinski definition) is 4. The maximum atomic E-state index is 11.8. The number of benzene rings is 2. The Labute approximate surface area is 118 Å². The van der Waals surface area contributed by atoms with E-state index in [2.05, 4.69) is 10.0 Å². The van der Waals surface area contributed by atoms with E-state index in [1.807, 2.05) is 12.1 Å². The van der Waals surface area contributed by atoms with Crippen LogP contribution < -0.4 is 15.8 Å². The molecule has 0 bridgehead atoms. The molecule has 0 spiro atoms. The molecule has 0 aliphatic heterocycles. The van der Waals surface area contributed by atoms with Crippen LogP contribution in [0.3, 0.4) is 0 Å². The second-order valence-corrected chi connectivity index (χ2v) is 6.04. The normalized spacial score (nSPS) is 11.2. The second kappa shape index (κ2) is 5.94. The molecule has 0 fully saturated rings. The zero-order valence-electron chi connectivity index (χ0n) is 11.1. The lowest BCUT2D eigenvalue weighted by Crippen LogP contribution is -2.22. The second-order valence-electron chi connectivity index (χ2n) is 4.27. The number of hydrogen-bond donors (Lipinski definition) is 3. The van der Waals surface area contributed by atoms with Crippen LogP contribution in [0.1, 0.15) is 6.92 Å². The zero-order valence-corrected chi connectivity index (χ0v) is 11.9. The van der Waals surface area contributed by atoms with Crippen molar-refractivity contribution in [3.05, 3.63) is 48.5 Å². The Hall–Kier alpha value is -2.05. The molecule has 2 aromatic rings. The van der Waals surface area contributed by atoms with Crippen molar-refractivity contribution in [1.29, 1.82) is 0 Å². The van der Waals surface area contributed by atoms with Crippen molar-refractivity contribution < 1.29 is 8.42 Å². The maximum Gasteiger partial charge on any atom is 0.240 e. The van der Waals surface area contributed by atoms with E-state index in [9.17, 15) is 8.42 Å². The molecule has 0 unspecified atom stereocenters. The fraction of sp³-hybridized carbons (Fsp3) is 0.143. The van der Waals surface area contributed by atoms with Gasteiger partial charge in [-0.15, -0.1) is 0 Å². The van der Waals surface area contributed by atoms with Crippen molar-refractivity contribution >= 4 is 27.1 Å². The number of nitrogen functional groups attached to an aromatic ring is 1. The molecule has 5 nitrogen and oxygen atoms in total. The summed E-state index contributed by atoms with van der Waals surface area (Å²) >= 11 is 0. The van der Waals surface area contributed by atoms with E-state index in [0.29, 0.717) is 12.2 Å². The Morgan fingerprint density at radius 3 is 1.95 bits per heavy atom. The van der Waals surface area contributed by atoms with Crippen molar-refractivity contribution in [1.82, 2.24) is 4.72 Å². The van der Waals surface area contributed by atoms with Gasteiger partial charge in [-0.25, -0.2) is 13.1 Å². The summed E-state index contributed by atoms with van der Waals surface area (Å²) < 4.78 is 26.0. The molecule has 6 heteroatoms. The molecular weight excluding hydrogens is 274 g/mol. The smallest absolute Gasteiger partial charge is 0.240 e. The SMILES string of the molecule is CCNS(=O)(=O)c1ccc(Nc2ccc(N)cc2)cc1. The molecule has 106 valence electrons. The molecule has 2 aromatic carbocycles. The van der Waals surface area contributed by atoms with Gasteiger partial charge in [0, 0.05) is 23.6 Å². The highest BCUT2D eigenvalue weighted by atomic mass is 32.2. The molecule has 0 aliphatic carbocycles. The monoisotopic (exact) mass is 291 g/mol. The van der Waals surface area contributed by atoms with Crippen LogP contribution in [0.4, 0.5) is 17.1 Å².